The van der Waals surface area contributed by atoms with Gasteiger partial charge in [-0.25, -0.2) is 14.4 Å². The Kier molecular flexibility index (Phi) is 4.86. The highest BCUT2D eigenvalue weighted by atomic mass is 35.5. The predicted molar refractivity (Wildman–Crippen MR) is 114 cm³/mol. The SMILES string of the molecule is O=C(c1ccc(Cl)cc1F)N1CCN(c2nc3cnccc3nc2NC2CC2)CC1. The smallest absolute Gasteiger partial charge is 0.256 e. The monoisotopic (exact) mass is 426 g/mol. The molecule has 2 fully saturated rings. The molecule has 1 amide bonds. The lowest BCUT2D eigenvalue weighted by Crippen LogP contribution is -2.49. The van der Waals surface area contributed by atoms with E-state index in [4.69, 9.17) is 21.6 Å². The van der Waals surface area contributed by atoms with Crippen LogP contribution in [-0.2, 0) is 0 Å². The molecule has 0 atom stereocenters. The number of hydrogen-bond acceptors (Lipinski definition) is 6. The summed E-state index contributed by atoms with van der Waals surface area (Å²) in [4.78, 5) is 30.2. The van der Waals surface area contributed by atoms with Crippen LogP contribution in [0.15, 0.2) is 36.7 Å². The summed E-state index contributed by atoms with van der Waals surface area (Å²) in [6.07, 6.45) is 5.67. The first-order valence-electron chi connectivity index (χ1n) is 9.96. The maximum absolute atomic E-state index is 14.2. The Hall–Kier alpha value is -3.00. The van der Waals surface area contributed by atoms with Gasteiger partial charge in [-0.1, -0.05) is 11.6 Å². The molecule has 1 aliphatic heterocycles. The highest BCUT2D eigenvalue weighted by Crippen LogP contribution is 2.31. The number of pyridine rings is 1. The lowest BCUT2D eigenvalue weighted by molar-refractivity contribution is 0.0742. The van der Waals surface area contributed by atoms with Crippen molar-refractivity contribution in [2.24, 2.45) is 0 Å². The van der Waals surface area contributed by atoms with Crippen molar-refractivity contribution in [1.82, 2.24) is 19.9 Å². The standard InChI is InChI=1S/C21H20ClFN6O/c22-13-1-4-15(16(23)11-13)21(30)29-9-7-28(8-10-29)20-19(25-14-2-3-14)26-17-5-6-24-12-18(17)27-20/h1,4-6,11-12,14H,2-3,7-10H2,(H,25,26). The molecule has 1 N–H and O–H groups in total. The first kappa shape index (κ1) is 19.0. The number of carbonyl (C=O) groups excluding carboxylic acids is 1. The molecule has 3 heterocycles. The van der Waals surface area contributed by atoms with Gasteiger partial charge < -0.3 is 15.1 Å². The van der Waals surface area contributed by atoms with Crippen molar-refractivity contribution in [2.45, 2.75) is 18.9 Å². The second-order valence-electron chi connectivity index (χ2n) is 7.58. The van der Waals surface area contributed by atoms with Gasteiger partial charge in [0.25, 0.3) is 5.91 Å². The molecule has 0 radical (unpaired) electrons. The second kappa shape index (κ2) is 7.68. The molecule has 2 aliphatic rings. The number of halogens is 2. The van der Waals surface area contributed by atoms with Crippen LogP contribution < -0.4 is 10.2 Å². The summed E-state index contributed by atoms with van der Waals surface area (Å²) in [5.74, 6) is 0.611. The van der Waals surface area contributed by atoms with Crippen LogP contribution in [0.2, 0.25) is 5.02 Å². The minimum absolute atomic E-state index is 0.0421. The van der Waals surface area contributed by atoms with Gasteiger partial charge in [0, 0.05) is 43.4 Å². The number of nitrogens with zero attached hydrogens (tertiary/aromatic N) is 5. The van der Waals surface area contributed by atoms with Gasteiger partial charge in [0.15, 0.2) is 11.6 Å². The molecule has 0 bridgehead atoms. The number of hydrogen-bond donors (Lipinski definition) is 1. The quantitative estimate of drug-likeness (QED) is 0.689. The summed E-state index contributed by atoms with van der Waals surface area (Å²) in [5, 5.41) is 3.74. The number of anilines is 2. The summed E-state index contributed by atoms with van der Waals surface area (Å²) in [6.45, 7) is 2.11. The molecule has 0 spiro atoms. The van der Waals surface area contributed by atoms with Crippen LogP contribution in [-0.4, -0.2) is 58.0 Å². The van der Waals surface area contributed by atoms with Crippen molar-refractivity contribution in [3.05, 3.63) is 53.1 Å². The molecule has 7 nitrogen and oxygen atoms in total. The van der Waals surface area contributed by atoms with E-state index in [0.717, 1.165) is 35.5 Å². The lowest BCUT2D eigenvalue weighted by atomic mass is 10.1. The Bertz CT molecular complexity index is 1110. The van der Waals surface area contributed by atoms with Gasteiger partial charge in [-0.05, 0) is 37.1 Å². The van der Waals surface area contributed by atoms with E-state index >= 15 is 0 Å². The average molecular weight is 427 g/mol. The molecule has 30 heavy (non-hydrogen) atoms. The Labute approximate surface area is 177 Å². The van der Waals surface area contributed by atoms with Gasteiger partial charge in [0.2, 0.25) is 0 Å². The van der Waals surface area contributed by atoms with Crippen LogP contribution in [0.3, 0.4) is 0 Å². The van der Waals surface area contributed by atoms with E-state index < -0.39 is 5.82 Å². The Morgan fingerprint density at radius 2 is 1.90 bits per heavy atom. The molecule has 1 saturated carbocycles. The van der Waals surface area contributed by atoms with E-state index in [9.17, 15) is 9.18 Å². The molecular formula is C21H20ClFN6O. The summed E-state index contributed by atoms with van der Waals surface area (Å²) in [7, 11) is 0. The first-order valence-corrected chi connectivity index (χ1v) is 10.3. The largest absolute Gasteiger partial charge is 0.364 e. The summed E-state index contributed by atoms with van der Waals surface area (Å²) < 4.78 is 14.2. The number of rotatable bonds is 4. The molecule has 1 aliphatic carbocycles. The van der Waals surface area contributed by atoms with E-state index in [2.05, 4.69) is 15.2 Å². The molecular weight excluding hydrogens is 407 g/mol. The van der Waals surface area contributed by atoms with E-state index in [1.54, 1.807) is 17.3 Å². The zero-order chi connectivity index (χ0) is 20.7. The number of aromatic nitrogens is 3. The normalized spacial score (nSPS) is 16.7. The van der Waals surface area contributed by atoms with E-state index in [1.165, 1.54) is 18.2 Å². The van der Waals surface area contributed by atoms with Crippen LogP contribution in [0.4, 0.5) is 16.0 Å². The van der Waals surface area contributed by atoms with Gasteiger partial charge in [0.1, 0.15) is 11.3 Å². The fourth-order valence-corrected chi connectivity index (χ4v) is 3.75. The number of nitrogens with one attached hydrogen (secondary N) is 1. The third-order valence-electron chi connectivity index (χ3n) is 5.39. The molecule has 5 rings (SSSR count). The second-order valence-corrected chi connectivity index (χ2v) is 8.02. The minimum Gasteiger partial charge on any atom is -0.364 e. The molecule has 1 saturated heterocycles. The molecule has 2 aromatic heterocycles. The third-order valence-corrected chi connectivity index (χ3v) is 5.63. The van der Waals surface area contributed by atoms with Crippen LogP contribution in [0.25, 0.3) is 11.0 Å². The molecule has 0 unspecified atom stereocenters. The number of carbonyl (C=O) groups is 1. The molecule has 154 valence electrons. The summed E-state index contributed by atoms with van der Waals surface area (Å²) in [6, 6.07) is 6.42. The lowest BCUT2D eigenvalue weighted by Gasteiger charge is -2.36. The number of amides is 1. The maximum atomic E-state index is 14.2. The topological polar surface area (TPSA) is 74.2 Å². The minimum atomic E-state index is -0.598. The highest BCUT2D eigenvalue weighted by molar-refractivity contribution is 6.30. The first-order chi connectivity index (χ1) is 14.6. The van der Waals surface area contributed by atoms with Crippen LogP contribution in [0, 0.1) is 5.82 Å². The van der Waals surface area contributed by atoms with Crippen molar-refractivity contribution in [2.75, 3.05) is 36.4 Å². The Balaban J connectivity index is 1.36. The van der Waals surface area contributed by atoms with Crippen molar-refractivity contribution < 1.29 is 9.18 Å². The zero-order valence-electron chi connectivity index (χ0n) is 16.2. The molecule has 1 aromatic carbocycles. The van der Waals surface area contributed by atoms with Gasteiger partial charge in [-0.3, -0.25) is 9.78 Å². The van der Waals surface area contributed by atoms with Gasteiger partial charge in [0.05, 0.1) is 17.3 Å². The molecule has 9 heteroatoms. The van der Waals surface area contributed by atoms with Crippen LogP contribution >= 0.6 is 11.6 Å². The van der Waals surface area contributed by atoms with Crippen molar-refractivity contribution in [3.63, 3.8) is 0 Å². The predicted octanol–water partition coefficient (Wildman–Crippen LogP) is 3.35. The van der Waals surface area contributed by atoms with Crippen molar-refractivity contribution in [1.29, 1.82) is 0 Å². The van der Waals surface area contributed by atoms with Gasteiger partial charge >= 0.3 is 0 Å². The van der Waals surface area contributed by atoms with E-state index in [0.29, 0.717) is 32.2 Å². The van der Waals surface area contributed by atoms with E-state index in [-0.39, 0.29) is 16.5 Å². The summed E-state index contributed by atoms with van der Waals surface area (Å²) >= 11 is 5.80. The van der Waals surface area contributed by atoms with E-state index in [1.807, 2.05) is 6.07 Å². The Morgan fingerprint density at radius 1 is 1.10 bits per heavy atom. The number of fused-ring (bicyclic) bond motifs is 1. The van der Waals surface area contributed by atoms with Gasteiger partial charge in [-0.2, -0.15) is 0 Å². The number of benzene rings is 1. The molecule has 3 aromatic rings. The summed E-state index contributed by atoms with van der Waals surface area (Å²) in [5.41, 5.74) is 1.57. The van der Waals surface area contributed by atoms with Crippen molar-refractivity contribution >= 4 is 40.2 Å². The highest BCUT2D eigenvalue weighted by Gasteiger charge is 2.29. The average Bonchev–Trinajstić information content (AvgIpc) is 3.57. The zero-order valence-corrected chi connectivity index (χ0v) is 16.9. The fourth-order valence-electron chi connectivity index (χ4n) is 3.59. The van der Waals surface area contributed by atoms with Crippen molar-refractivity contribution in [3.8, 4) is 0 Å². The number of piperazine rings is 1. The fraction of sp³-hybridized carbons (Fsp3) is 0.333. The Morgan fingerprint density at radius 3 is 2.63 bits per heavy atom. The maximum Gasteiger partial charge on any atom is 0.256 e. The van der Waals surface area contributed by atoms with Crippen LogP contribution in [0.5, 0.6) is 0 Å². The third kappa shape index (κ3) is 3.75. The van der Waals surface area contributed by atoms with Crippen LogP contribution in [0.1, 0.15) is 23.2 Å². The van der Waals surface area contributed by atoms with Gasteiger partial charge in [-0.15, -0.1) is 0 Å².